The lowest BCUT2D eigenvalue weighted by molar-refractivity contribution is -0.274. The molecule has 0 bridgehead atoms. The minimum Gasteiger partial charge on any atom is -0.406 e. The molecule has 0 aliphatic carbocycles. The molecule has 20 heavy (non-hydrogen) atoms. The number of benzene rings is 1. The van der Waals surface area contributed by atoms with Gasteiger partial charge in [0.25, 0.3) is 0 Å². The summed E-state index contributed by atoms with van der Waals surface area (Å²) in [5, 5.41) is 3.36. The van der Waals surface area contributed by atoms with Crippen molar-refractivity contribution in [3.63, 3.8) is 0 Å². The second-order valence-corrected chi connectivity index (χ2v) is 4.91. The normalized spacial score (nSPS) is 13.6. The Balaban J connectivity index is 2.62. The molecule has 1 aromatic rings. The zero-order chi connectivity index (χ0) is 15.2. The van der Waals surface area contributed by atoms with Crippen LogP contribution >= 0.6 is 0 Å². The van der Waals surface area contributed by atoms with Gasteiger partial charge in [-0.05, 0) is 44.8 Å². The lowest BCUT2D eigenvalue weighted by atomic mass is 10.1. The summed E-state index contributed by atoms with van der Waals surface area (Å²) in [6.45, 7) is 3.76. The number of rotatable bonds is 7. The Bertz CT molecular complexity index is 390. The highest BCUT2D eigenvalue weighted by Gasteiger charge is 2.30. The summed E-state index contributed by atoms with van der Waals surface area (Å²) in [5.74, 6) is -0.186. The van der Waals surface area contributed by atoms with Gasteiger partial charge in [-0.15, -0.1) is 13.2 Å². The van der Waals surface area contributed by atoms with Crippen LogP contribution < -0.4 is 10.1 Å². The van der Waals surface area contributed by atoms with Crippen LogP contribution in [-0.2, 0) is 6.42 Å². The molecule has 1 N–H and O–H groups in total. The van der Waals surface area contributed by atoms with Crippen LogP contribution in [0.4, 0.5) is 13.2 Å². The number of nitrogens with one attached hydrogen (secondary N) is 1. The van der Waals surface area contributed by atoms with Crippen molar-refractivity contribution in [1.82, 2.24) is 10.2 Å². The largest absolute Gasteiger partial charge is 0.573 e. The van der Waals surface area contributed by atoms with Gasteiger partial charge in [-0.3, -0.25) is 0 Å². The van der Waals surface area contributed by atoms with E-state index in [0.29, 0.717) is 0 Å². The van der Waals surface area contributed by atoms with Gasteiger partial charge in [0.15, 0.2) is 0 Å². The van der Waals surface area contributed by atoms with E-state index >= 15 is 0 Å². The molecule has 1 unspecified atom stereocenters. The Morgan fingerprint density at radius 1 is 1.20 bits per heavy atom. The molecule has 0 saturated heterocycles. The van der Waals surface area contributed by atoms with Gasteiger partial charge in [0.2, 0.25) is 0 Å². The van der Waals surface area contributed by atoms with Crippen molar-refractivity contribution in [1.29, 1.82) is 0 Å². The van der Waals surface area contributed by atoms with Crippen LogP contribution in [0.15, 0.2) is 24.3 Å². The van der Waals surface area contributed by atoms with E-state index in [0.717, 1.165) is 25.1 Å². The molecule has 0 aliphatic rings. The number of nitrogens with zero attached hydrogens (tertiary/aromatic N) is 1. The monoisotopic (exact) mass is 290 g/mol. The van der Waals surface area contributed by atoms with Gasteiger partial charge in [0, 0.05) is 12.6 Å². The molecule has 0 spiro atoms. The molecular formula is C14H21F3N2O. The van der Waals surface area contributed by atoms with Crippen LogP contribution in [0.25, 0.3) is 0 Å². The molecule has 0 aromatic heterocycles. The second kappa shape index (κ2) is 7.50. The van der Waals surface area contributed by atoms with Crippen LogP contribution in [0.5, 0.6) is 5.75 Å². The SMILES string of the molecule is CCNC(Cc1ccc(OC(F)(F)F)cc1)CN(C)C. The van der Waals surface area contributed by atoms with Gasteiger partial charge in [-0.1, -0.05) is 19.1 Å². The molecule has 0 aliphatic heterocycles. The fraction of sp³-hybridized carbons (Fsp3) is 0.571. The van der Waals surface area contributed by atoms with E-state index in [9.17, 15) is 13.2 Å². The molecule has 114 valence electrons. The van der Waals surface area contributed by atoms with E-state index in [2.05, 4.69) is 15.0 Å². The van der Waals surface area contributed by atoms with Crippen LogP contribution in [0, 0.1) is 0 Å². The van der Waals surface area contributed by atoms with E-state index in [4.69, 9.17) is 0 Å². The summed E-state index contributed by atoms with van der Waals surface area (Å²) in [5.41, 5.74) is 0.979. The first kappa shape index (κ1) is 16.8. The third-order valence-electron chi connectivity index (χ3n) is 2.72. The van der Waals surface area contributed by atoms with E-state index < -0.39 is 6.36 Å². The second-order valence-electron chi connectivity index (χ2n) is 4.91. The number of halogens is 3. The third-order valence-corrected chi connectivity index (χ3v) is 2.72. The maximum atomic E-state index is 12.1. The summed E-state index contributed by atoms with van der Waals surface area (Å²) in [4.78, 5) is 2.08. The number of hydrogen-bond acceptors (Lipinski definition) is 3. The Morgan fingerprint density at radius 2 is 1.80 bits per heavy atom. The van der Waals surface area contributed by atoms with E-state index in [1.807, 2.05) is 21.0 Å². The third kappa shape index (κ3) is 6.77. The first-order valence-corrected chi connectivity index (χ1v) is 6.53. The standard InChI is InChI=1S/C14H21F3N2O/c1-4-18-12(10-19(2)3)9-11-5-7-13(8-6-11)20-14(15,16)17/h5-8,12,18H,4,9-10H2,1-3H3. The van der Waals surface area contributed by atoms with E-state index in [1.54, 1.807) is 12.1 Å². The first-order chi connectivity index (χ1) is 9.30. The lowest BCUT2D eigenvalue weighted by Gasteiger charge is -2.22. The fourth-order valence-electron chi connectivity index (χ4n) is 2.04. The zero-order valence-electron chi connectivity index (χ0n) is 12.0. The molecule has 0 amide bonds. The molecular weight excluding hydrogens is 269 g/mol. The molecule has 6 heteroatoms. The Hall–Kier alpha value is -1.27. The molecule has 3 nitrogen and oxygen atoms in total. The molecule has 0 saturated carbocycles. The predicted octanol–water partition coefficient (Wildman–Crippen LogP) is 2.67. The summed E-state index contributed by atoms with van der Waals surface area (Å²) in [6, 6.07) is 6.30. The highest BCUT2D eigenvalue weighted by atomic mass is 19.4. The van der Waals surface area contributed by atoms with Crippen molar-refractivity contribution in [2.24, 2.45) is 0 Å². The summed E-state index contributed by atoms with van der Waals surface area (Å²) in [7, 11) is 3.98. The fourth-order valence-corrected chi connectivity index (χ4v) is 2.04. The van der Waals surface area contributed by atoms with Crippen molar-refractivity contribution < 1.29 is 17.9 Å². The summed E-state index contributed by atoms with van der Waals surface area (Å²) < 4.78 is 40.0. The van der Waals surface area contributed by atoms with Crippen molar-refractivity contribution in [2.75, 3.05) is 27.2 Å². The van der Waals surface area contributed by atoms with Gasteiger partial charge in [0.1, 0.15) is 5.75 Å². The first-order valence-electron chi connectivity index (χ1n) is 6.53. The van der Waals surface area contributed by atoms with Crippen molar-refractivity contribution in [3.8, 4) is 5.75 Å². The van der Waals surface area contributed by atoms with Crippen molar-refractivity contribution in [3.05, 3.63) is 29.8 Å². The van der Waals surface area contributed by atoms with Crippen LogP contribution in [0.3, 0.4) is 0 Å². The summed E-state index contributed by atoms with van der Waals surface area (Å²) in [6.07, 6.45) is -3.88. The average molecular weight is 290 g/mol. The Kier molecular flexibility index (Phi) is 6.29. The highest BCUT2D eigenvalue weighted by molar-refractivity contribution is 5.28. The van der Waals surface area contributed by atoms with Crippen LogP contribution in [-0.4, -0.2) is 44.5 Å². The quantitative estimate of drug-likeness (QED) is 0.835. The van der Waals surface area contributed by atoms with Crippen LogP contribution in [0.2, 0.25) is 0 Å². The minimum absolute atomic E-state index is 0.186. The topological polar surface area (TPSA) is 24.5 Å². The van der Waals surface area contributed by atoms with Gasteiger partial charge in [-0.25, -0.2) is 0 Å². The summed E-state index contributed by atoms with van der Waals surface area (Å²) >= 11 is 0. The van der Waals surface area contributed by atoms with Crippen LogP contribution in [0.1, 0.15) is 12.5 Å². The Labute approximate surface area is 117 Å². The molecule has 1 rings (SSSR count). The smallest absolute Gasteiger partial charge is 0.406 e. The molecule has 1 atom stereocenters. The van der Waals surface area contributed by atoms with Gasteiger partial charge < -0.3 is 15.0 Å². The molecule has 0 fully saturated rings. The zero-order valence-corrected chi connectivity index (χ0v) is 12.0. The molecule has 0 radical (unpaired) electrons. The predicted molar refractivity (Wildman–Crippen MR) is 72.8 cm³/mol. The van der Waals surface area contributed by atoms with E-state index in [-0.39, 0.29) is 11.8 Å². The van der Waals surface area contributed by atoms with Gasteiger partial charge in [-0.2, -0.15) is 0 Å². The van der Waals surface area contributed by atoms with Crippen molar-refractivity contribution >= 4 is 0 Å². The van der Waals surface area contributed by atoms with Gasteiger partial charge >= 0.3 is 6.36 Å². The van der Waals surface area contributed by atoms with Crippen molar-refractivity contribution in [2.45, 2.75) is 25.7 Å². The lowest BCUT2D eigenvalue weighted by Crippen LogP contribution is -2.39. The minimum atomic E-state index is -4.64. The maximum absolute atomic E-state index is 12.1. The number of hydrogen-bond donors (Lipinski definition) is 1. The average Bonchev–Trinajstić information content (AvgIpc) is 2.29. The molecule has 0 heterocycles. The maximum Gasteiger partial charge on any atom is 0.573 e. The number of likely N-dealkylation sites (N-methyl/N-ethyl adjacent to an activating group) is 2. The van der Waals surface area contributed by atoms with Gasteiger partial charge in [0.05, 0.1) is 0 Å². The number of ether oxygens (including phenoxy) is 1. The van der Waals surface area contributed by atoms with E-state index in [1.165, 1.54) is 12.1 Å². The molecule has 1 aromatic carbocycles. The number of alkyl halides is 3. The Morgan fingerprint density at radius 3 is 2.25 bits per heavy atom. The highest BCUT2D eigenvalue weighted by Crippen LogP contribution is 2.23.